The van der Waals surface area contributed by atoms with Gasteiger partial charge >= 0.3 is 0 Å². The number of aryl methyl sites for hydroxylation is 1. The first-order valence-corrected chi connectivity index (χ1v) is 10.1. The van der Waals surface area contributed by atoms with Crippen molar-refractivity contribution < 1.29 is 4.74 Å². The average molecular weight is 354 g/mol. The summed E-state index contributed by atoms with van der Waals surface area (Å²) in [5, 5.41) is 4.72. The van der Waals surface area contributed by atoms with Crippen molar-refractivity contribution >= 4 is 0 Å². The molecule has 26 heavy (non-hydrogen) atoms. The van der Waals surface area contributed by atoms with Crippen LogP contribution in [0.1, 0.15) is 55.4 Å². The van der Waals surface area contributed by atoms with Gasteiger partial charge in [-0.2, -0.15) is 5.10 Å². The van der Waals surface area contributed by atoms with Crippen molar-refractivity contribution in [1.29, 1.82) is 0 Å². The smallest absolute Gasteiger partial charge is 0.147 e. The Kier molecular flexibility index (Phi) is 5.65. The molecule has 0 amide bonds. The highest BCUT2D eigenvalue weighted by molar-refractivity contribution is 5.14. The lowest BCUT2D eigenvalue weighted by Crippen LogP contribution is -2.43. The van der Waals surface area contributed by atoms with Crippen molar-refractivity contribution in [2.45, 2.75) is 64.1 Å². The third-order valence-corrected chi connectivity index (χ3v) is 5.61. The number of hydrogen-bond donors (Lipinski definition) is 0. The van der Waals surface area contributed by atoms with Crippen molar-refractivity contribution in [2.24, 2.45) is 0 Å². The first kappa shape index (κ1) is 17.7. The Labute approximate surface area is 156 Å². The number of morpholine rings is 1. The largest absolute Gasteiger partial charge is 0.375 e. The zero-order valence-electron chi connectivity index (χ0n) is 15.8. The van der Waals surface area contributed by atoms with Crippen LogP contribution in [0.25, 0.3) is 0 Å². The second kappa shape index (κ2) is 8.31. The predicted molar refractivity (Wildman–Crippen MR) is 102 cm³/mol. The maximum atomic E-state index is 6.08. The lowest BCUT2D eigenvalue weighted by Gasteiger charge is -2.33. The lowest BCUT2D eigenvalue weighted by atomic mass is 9.95. The highest BCUT2D eigenvalue weighted by Crippen LogP contribution is 2.29. The van der Waals surface area contributed by atoms with Gasteiger partial charge in [-0.1, -0.05) is 49.6 Å². The molecular formula is C21H30N4O. The minimum absolute atomic E-state index is 0.207. The molecule has 140 valence electrons. The summed E-state index contributed by atoms with van der Waals surface area (Å²) in [5.41, 5.74) is 1.37. The Morgan fingerprint density at radius 1 is 1.12 bits per heavy atom. The Balaban J connectivity index is 1.40. The maximum Gasteiger partial charge on any atom is 0.147 e. The molecule has 5 heteroatoms. The van der Waals surface area contributed by atoms with Gasteiger partial charge in [0.25, 0.3) is 0 Å². The van der Waals surface area contributed by atoms with E-state index in [2.05, 4.69) is 39.9 Å². The van der Waals surface area contributed by atoms with Gasteiger partial charge in [0.1, 0.15) is 11.6 Å². The molecule has 1 aliphatic heterocycles. The Morgan fingerprint density at radius 3 is 2.73 bits per heavy atom. The molecule has 1 saturated carbocycles. The first-order valence-electron chi connectivity index (χ1n) is 10.1. The topological polar surface area (TPSA) is 43.2 Å². The van der Waals surface area contributed by atoms with Crippen LogP contribution in [0.2, 0.25) is 0 Å². The van der Waals surface area contributed by atoms with Gasteiger partial charge in [-0.15, -0.1) is 0 Å². The predicted octanol–water partition coefficient (Wildman–Crippen LogP) is 3.54. The second-order valence-corrected chi connectivity index (χ2v) is 7.73. The fourth-order valence-corrected chi connectivity index (χ4v) is 4.32. The number of nitrogens with zero attached hydrogens (tertiary/aromatic N) is 4. The average Bonchev–Trinajstić information content (AvgIpc) is 3.04. The van der Waals surface area contributed by atoms with Gasteiger partial charge in [-0.25, -0.2) is 9.67 Å². The van der Waals surface area contributed by atoms with Gasteiger partial charge < -0.3 is 4.74 Å². The molecule has 2 aromatic rings. The van der Waals surface area contributed by atoms with Crippen LogP contribution in [0.5, 0.6) is 0 Å². The molecule has 1 atom stereocenters. The van der Waals surface area contributed by atoms with E-state index in [1.54, 1.807) is 0 Å². The molecule has 0 N–H and O–H groups in total. The molecule has 0 radical (unpaired) electrons. The summed E-state index contributed by atoms with van der Waals surface area (Å²) in [6, 6.07) is 11.2. The summed E-state index contributed by atoms with van der Waals surface area (Å²) in [4.78, 5) is 7.24. The van der Waals surface area contributed by atoms with Crippen molar-refractivity contribution in [3.63, 3.8) is 0 Å². The van der Waals surface area contributed by atoms with Gasteiger partial charge in [-0.05, 0) is 25.3 Å². The summed E-state index contributed by atoms with van der Waals surface area (Å²) < 4.78 is 8.29. The third-order valence-electron chi connectivity index (χ3n) is 5.61. The SMILES string of the molecule is Cc1nc(CC2CN(Cc3ccccc3)CCO2)n(C2CCCCC2)n1. The van der Waals surface area contributed by atoms with Crippen LogP contribution in [0.4, 0.5) is 0 Å². The van der Waals surface area contributed by atoms with Crippen LogP contribution in [0, 0.1) is 6.92 Å². The molecule has 2 heterocycles. The van der Waals surface area contributed by atoms with Gasteiger partial charge in [0, 0.05) is 26.1 Å². The summed E-state index contributed by atoms with van der Waals surface area (Å²) in [6.45, 7) is 5.76. The zero-order chi connectivity index (χ0) is 17.8. The Bertz CT molecular complexity index is 693. The molecule has 1 aromatic carbocycles. The van der Waals surface area contributed by atoms with Crippen LogP contribution >= 0.6 is 0 Å². The van der Waals surface area contributed by atoms with E-state index in [4.69, 9.17) is 14.8 Å². The molecule has 1 aromatic heterocycles. The maximum absolute atomic E-state index is 6.08. The minimum atomic E-state index is 0.207. The monoisotopic (exact) mass is 354 g/mol. The number of ether oxygens (including phenoxy) is 1. The molecule has 2 aliphatic rings. The van der Waals surface area contributed by atoms with Gasteiger partial charge in [0.15, 0.2) is 0 Å². The van der Waals surface area contributed by atoms with Crippen LogP contribution in [0.15, 0.2) is 30.3 Å². The molecule has 2 fully saturated rings. The van der Waals surface area contributed by atoms with Crippen LogP contribution < -0.4 is 0 Å². The molecule has 1 aliphatic carbocycles. The standard InChI is InChI=1S/C21H30N4O/c1-17-22-21(25(23-17)19-10-6-3-7-11-19)14-20-16-24(12-13-26-20)15-18-8-4-2-5-9-18/h2,4-5,8-9,19-20H,3,6-7,10-16H2,1H3. The lowest BCUT2D eigenvalue weighted by molar-refractivity contribution is -0.0319. The highest BCUT2D eigenvalue weighted by Gasteiger charge is 2.26. The molecule has 0 bridgehead atoms. The first-order chi connectivity index (χ1) is 12.8. The normalized spacial score (nSPS) is 22.6. The van der Waals surface area contributed by atoms with E-state index in [9.17, 15) is 0 Å². The third kappa shape index (κ3) is 4.33. The van der Waals surface area contributed by atoms with Crippen LogP contribution in [0.3, 0.4) is 0 Å². The summed E-state index contributed by atoms with van der Waals surface area (Å²) in [7, 11) is 0. The van der Waals surface area contributed by atoms with E-state index >= 15 is 0 Å². The molecule has 4 rings (SSSR count). The van der Waals surface area contributed by atoms with Gasteiger partial charge in [-0.3, -0.25) is 4.90 Å². The number of hydrogen-bond acceptors (Lipinski definition) is 4. The molecule has 0 spiro atoms. The van der Waals surface area contributed by atoms with E-state index in [-0.39, 0.29) is 6.10 Å². The summed E-state index contributed by atoms with van der Waals surface area (Å²) >= 11 is 0. The van der Waals surface area contributed by atoms with Crippen LogP contribution in [-0.4, -0.2) is 45.5 Å². The number of aromatic nitrogens is 3. The molecule has 1 unspecified atom stereocenters. The van der Waals surface area contributed by atoms with E-state index in [0.29, 0.717) is 6.04 Å². The van der Waals surface area contributed by atoms with Gasteiger partial charge in [0.05, 0.1) is 18.8 Å². The van der Waals surface area contributed by atoms with E-state index in [1.165, 1.54) is 37.7 Å². The number of rotatable bonds is 5. The van der Waals surface area contributed by atoms with E-state index in [1.807, 2.05) is 6.92 Å². The quantitative estimate of drug-likeness (QED) is 0.824. The van der Waals surface area contributed by atoms with Gasteiger partial charge in [0.2, 0.25) is 0 Å². The van der Waals surface area contributed by atoms with E-state index in [0.717, 1.165) is 44.3 Å². The van der Waals surface area contributed by atoms with Crippen molar-refractivity contribution in [3.8, 4) is 0 Å². The highest BCUT2D eigenvalue weighted by atomic mass is 16.5. The summed E-state index contributed by atoms with van der Waals surface area (Å²) in [5.74, 6) is 2.00. The number of benzene rings is 1. The summed E-state index contributed by atoms with van der Waals surface area (Å²) in [6.07, 6.45) is 7.53. The van der Waals surface area contributed by atoms with Crippen molar-refractivity contribution in [3.05, 3.63) is 47.5 Å². The van der Waals surface area contributed by atoms with E-state index < -0.39 is 0 Å². The molecule has 5 nitrogen and oxygen atoms in total. The van der Waals surface area contributed by atoms with Crippen molar-refractivity contribution in [1.82, 2.24) is 19.7 Å². The Morgan fingerprint density at radius 2 is 1.92 bits per heavy atom. The molecular weight excluding hydrogens is 324 g/mol. The zero-order valence-corrected chi connectivity index (χ0v) is 15.8. The fraction of sp³-hybridized carbons (Fsp3) is 0.619. The molecule has 1 saturated heterocycles. The van der Waals surface area contributed by atoms with Crippen LogP contribution in [-0.2, 0) is 17.7 Å². The minimum Gasteiger partial charge on any atom is -0.375 e. The fourth-order valence-electron chi connectivity index (χ4n) is 4.32. The second-order valence-electron chi connectivity index (χ2n) is 7.73. The Hall–Kier alpha value is -1.72. The van der Waals surface area contributed by atoms with Crippen molar-refractivity contribution in [2.75, 3.05) is 19.7 Å².